The van der Waals surface area contributed by atoms with Crippen LogP contribution in [0, 0.1) is 0 Å². The summed E-state index contributed by atoms with van der Waals surface area (Å²) in [4.78, 5) is 14.5. The molecular weight excluding hydrogens is 240 g/mol. The number of hydrogen-bond donors (Lipinski definition) is 1. The monoisotopic (exact) mass is 260 g/mol. The topological polar surface area (TPSA) is 41.6 Å². The van der Waals surface area contributed by atoms with E-state index in [2.05, 4.69) is 5.32 Å². The first-order valence-electron chi connectivity index (χ1n) is 7.04. The molecule has 2 aliphatic rings. The van der Waals surface area contributed by atoms with Crippen LogP contribution in [0.2, 0.25) is 0 Å². The van der Waals surface area contributed by atoms with Gasteiger partial charge in [0.15, 0.2) is 5.75 Å². The first-order chi connectivity index (χ1) is 9.27. The number of nitrogens with one attached hydrogen (secondary N) is 1. The fraction of sp³-hybridized carbons (Fsp3) is 0.533. The molecule has 0 unspecified atom stereocenters. The molecule has 1 fully saturated rings. The van der Waals surface area contributed by atoms with Crippen molar-refractivity contribution in [2.75, 3.05) is 25.5 Å². The van der Waals surface area contributed by atoms with Crippen molar-refractivity contribution in [3.63, 3.8) is 0 Å². The third-order valence-corrected chi connectivity index (χ3v) is 4.10. The SMILES string of the molecule is CN(C(=O)c1cccc2c1OCCN2)C1CCCC1. The first-order valence-corrected chi connectivity index (χ1v) is 7.04. The molecule has 1 amide bonds. The molecule has 1 N–H and O–H groups in total. The standard InChI is InChI=1S/C15H20N2O2/c1-17(11-5-2-3-6-11)15(18)12-7-4-8-13-14(12)19-10-9-16-13/h4,7-8,11,16H,2-3,5-6,9-10H2,1H3. The van der Waals surface area contributed by atoms with Crippen LogP contribution in [0.5, 0.6) is 5.75 Å². The Labute approximate surface area is 113 Å². The highest BCUT2D eigenvalue weighted by atomic mass is 16.5. The molecule has 0 radical (unpaired) electrons. The highest BCUT2D eigenvalue weighted by molar-refractivity contribution is 5.99. The zero-order valence-electron chi connectivity index (χ0n) is 11.3. The highest BCUT2D eigenvalue weighted by Crippen LogP contribution is 2.33. The van der Waals surface area contributed by atoms with Gasteiger partial charge in [-0.3, -0.25) is 4.79 Å². The van der Waals surface area contributed by atoms with Crippen molar-refractivity contribution in [1.82, 2.24) is 4.90 Å². The number of ether oxygens (including phenoxy) is 1. The Morgan fingerprint density at radius 2 is 2.16 bits per heavy atom. The van der Waals surface area contributed by atoms with E-state index in [0.717, 1.165) is 25.1 Å². The van der Waals surface area contributed by atoms with Gasteiger partial charge < -0.3 is 15.0 Å². The Hall–Kier alpha value is -1.71. The predicted molar refractivity (Wildman–Crippen MR) is 74.8 cm³/mol. The molecule has 3 rings (SSSR count). The molecule has 1 saturated carbocycles. The van der Waals surface area contributed by atoms with Crippen molar-refractivity contribution in [3.05, 3.63) is 23.8 Å². The molecule has 1 heterocycles. The van der Waals surface area contributed by atoms with Crippen molar-refractivity contribution >= 4 is 11.6 Å². The van der Waals surface area contributed by atoms with E-state index >= 15 is 0 Å². The van der Waals surface area contributed by atoms with Crippen LogP contribution in [0.4, 0.5) is 5.69 Å². The minimum Gasteiger partial charge on any atom is -0.489 e. The summed E-state index contributed by atoms with van der Waals surface area (Å²) in [5, 5.41) is 3.27. The Bertz CT molecular complexity index is 481. The molecule has 0 saturated heterocycles. The van der Waals surface area contributed by atoms with Crippen LogP contribution in [0.25, 0.3) is 0 Å². The van der Waals surface area contributed by atoms with Crippen LogP contribution >= 0.6 is 0 Å². The van der Waals surface area contributed by atoms with E-state index in [1.165, 1.54) is 12.8 Å². The van der Waals surface area contributed by atoms with Gasteiger partial charge in [-0.25, -0.2) is 0 Å². The van der Waals surface area contributed by atoms with Gasteiger partial charge in [0.05, 0.1) is 11.3 Å². The number of carbonyl (C=O) groups excluding carboxylic acids is 1. The van der Waals surface area contributed by atoms with Crippen LogP contribution in [0.15, 0.2) is 18.2 Å². The maximum atomic E-state index is 12.6. The Kier molecular flexibility index (Phi) is 3.32. The van der Waals surface area contributed by atoms with Crippen LogP contribution in [0.3, 0.4) is 0 Å². The van der Waals surface area contributed by atoms with Crippen LogP contribution in [-0.2, 0) is 0 Å². The fourth-order valence-corrected chi connectivity index (χ4v) is 2.99. The molecule has 0 spiro atoms. The van der Waals surface area contributed by atoms with Crippen LogP contribution < -0.4 is 10.1 Å². The van der Waals surface area contributed by atoms with Crippen LogP contribution in [-0.4, -0.2) is 37.0 Å². The molecule has 4 nitrogen and oxygen atoms in total. The molecule has 1 aliphatic carbocycles. The minimum absolute atomic E-state index is 0.0763. The number of para-hydroxylation sites is 1. The summed E-state index contributed by atoms with van der Waals surface area (Å²) in [7, 11) is 1.91. The summed E-state index contributed by atoms with van der Waals surface area (Å²) < 4.78 is 5.68. The summed E-state index contributed by atoms with van der Waals surface area (Å²) in [5.74, 6) is 0.788. The van der Waals surface area contributed by atoms with Gasteiger partial charge in [-0.05, 0) is 25.0 Å². The maximum Gasteiger partial charge on any atom is 0.257 e. The number of hydrogen-bond acceptors (Lipinski definition) is 3. The second kappa shape index (κ2) is 5.11. The molecule has 4 heteroatoms. The molecule has 0 bridgehead atoms. The van der Waals surface area contributed by atoms with Gasteiger partial charge in [-0.1, -0.05) is 18.9 Å². The Balaban J connectivity index is 1.86. The quantitative estimate of drug-likeness (QED) is 0.888. The summed E-state index contributed by atoms with van der Waals surface area (Å²) in [6, 6.07) is 6.12. The lowest BCUT2D eigenvalue weighted by Crippen LogP contribution is -2.35. The van der Waals surface area contributed by atoms with E-state index < -0.39 is 0 Å². The molecule has 0 atom stereocenters. The van der Waals surface area contributed by atoms with E-state index in [-0.39, 0.29) is 5.91 Å². The van der Waals surface area contributed by atoms with Crippen molar-refractivity contribution in [1.29, 1.82) is 0 Å². The number of carbonyl (C=O) groups is 1. The van der Waals surface area contributed by atoms with Gasteiger partial charge in [0.25, 0.3) is 5.91 Å². The fourth-order valence-electron chi connectivity index (χ4n) is 2.99. The number of fused-ring (bicyclic) bond motifs is 1. The van der Waals surface area contributed by atoms with Crippen molar-refractivity contribution in [2.45, 2.75) is 31.7 Å². The lowest BCUT2D eigenvalue weighted by atomic mass is 10.1. The summed E-state index contributed by atoms with van der Waals surface area (Å²) in [6.07, 6.45) is 4.70. The summed E-state index contributed by atoms with van der Waals surface area (Å²) in [6.45, 7) is 1.41. The van der Waals surface area contributed by atoms with Crippen molar-refractivity contribution < 1.29 is 9.53 Å². The zero-order chi connectivity index (χ0) is 13.2. The van der Waals surface area contributed by atoms with Crippen LogP contribution in [0.1, 0.15) is 36.0 Å². The third kappa shape index (κ3) is 2.27. The van der Waals surface area contributed by atoms with E-state index in [4.69, 9.17) is 4.74 Å². The van der Waals surface area contributed by atoms with Gasteiger partial charge in [0.2, 0.25) is 0 Å². The van der Waals surface area contributed by atoms with E-state index in [1.807, 2.05) is 30.1 Å². The zero-order valence-corrected chi connectivity index (χ0v) is 11.3. The largest absolute Gasteiger partial charge is 0.489 e. The van der Waals surface area contributed by atoms with Gasteiger partial charge >= 0.3 is 0 Å². The van der Waals surface area contributed by atoms with Crippen molar-refractivity contribution in [2.24, 2.45) is 0 Å². The van der Waals surface area contributed by atoms with E-state index in [1.54, 1.807) is 0 Å². The van der Waals surface area contributed by atoms with Gasteiger partial charge in [0, 0.05) is 19.6 Å². The number of nitrogens with zero attached hydrogens (tertiary/aromatic N) is 1. The molecule has 1 aliphatic heterocycles. The number of amides is 1. The average Bonchev–Trinajstić information content (AvgIpc) is 2.99. The molecule has 19 heavy (non-hydrogen) atoms. The smallest absolute Gasteiger partial charge is 0.257 e. The second-order valence-corrected chi connectivity index (χ2v) is 5.31. The highest BCUT2D eigenvalue weighted by Gasteiger charge is 2.27. The van der Waals surface area contributed by atoms with Gasteiger partial charge in [0.1, 0.15) is 6.61 Å². The number of rotatable bonds is 2. The van der Waals surface area contributed by atoms with E-state index in [0.29, 0.717) is 24.0 Å². The Morgan fingerprint density at radius 1 is 1.37 bits per heavy atom. The molecular formula is C15H20N2O2. The van der Waals surface area contributed by atoms with Crippen molar-refractivity contribution in [3.8, 4) is 5.75 Å². The minimum atomic E-state index is 0.0763. The van der Waals surface area contributed by atoms with Gasteiger partial charge in [-0.2, -0.15) is 0 Å². The predicted octanol–water partition coefficient (Wildman–Crippen LogP) is 2.51. The first kappa shape index (κ1) is 12.3. The third-order valence-electron chi connectivity index (χ3n) is 4.10. The molecule has 0 aromatic heterocycles. The number of anilines is 1. The molecule has 1 aromatic carbocycles. The summed E-state index contributed by atoms with van der Waals surface area (Å²) in [5.41, 5.74) is 1.61. The van der Waals surface area contributed by atoms with E-state index in [9.17, 15) is 4.79 Å². The normalized spacial score (nSPS) is 18.4. The molecule has 1 aromatic rings. The average molecular weight is 260 g/mol. The lowest BCUT2D eigenvalue weighted by Gasteiger charge is -2.27. The second-order valence-electron chi connectivity index (χ2n) is 5.31. The maximum absolute atomic E-state index is 12.6. The summed E-state index contributed by atoms with van der Waals surface area (Å²) >= 11 is 0. The Morgan fingerprint density at radius 3 is 2.95 bits per heavy atom. The number of benzene rings is 1. The van der Waals surface area contributed by atoms with Gasteiger partial charge in [-0.15, -0.1) is 0 Å². The molecule has 102 valence electrons. The lowest BCUT2D eigenvalue weighted by molar-refractivity contribution is 0.0730.